The highest BCUT2D eigenvalue weighted by molar-refractivity contribution is 6.02. The summed E-state index contributed by atoms with van der Waals surface area (Å²) in [5.41, 5.74) is 5.28. The van der Waals surface area contributed by atoms with E-state index in [2.05, 4.69) is 10.1 Å². The Bertz CT molecular complexity index is 1150. The normalized spacial score (nSPS) is 14.4. The topological polar surface area (TPSA) is 64.8 Å². The average Bonchev–Trinajstić information content (AvgIpc) is 3.10. The number of ketones is 2. The van der Waals surface area contributed by atoms with Gasteiger partial charge in [-0.15, -0.1) is 0 Å². The molecule has 29 heavy (non-hydrogen) atoms. The zero-order chi connectivity index (χ0) is 20.4. The molecule has 0 amide bonds. The molecule has 0 N–H and O–H groups in total. The highest BCUT2D eigenvalue weighted by Crippen LogP contribution is 2.25. The Kier molecular flexibility index (Phi) is 5.21. The van der Waals surface area contributed by atoms with E-state index in [0.29, 0.717) is 31.4 Å². The standard InChI is InChI=1S/C24H23N3O2/c1-16-10-17(2)21(23(29)11-16)8-9-22(28)19-12-20-14-26-27(24(20)25-13-19)15-18-6-4-3-5-7-18/h3-7,10,12-14H,8-9,11,15H2,1-2H3. The Morgan fingerprint density at radius 2 is 1.93 bits per heavy atom. The van der Waals surface area contributed by atoms with Crippen molar-refractivity contribution in [2.45, 2.75) is 39.7 Å². The molecule has 0 spiro atoms. The molecule has 0 bridgehead atoms. The maximum Gasteiger partial charge on any atom is 0.164 e. The molecular weight excluding hydrogens is 362 g/mol. The Balaban J connectivity index is 1.49. The van der Waals surface area contributed by atoms with Crippen LogP contribution in [0, 0.1) is 0 Å². The van der Waals surface area contributed by atoms with Crippen LogP contribution in [0.15, 0.2) is 71.6 Å². The summed E-state index contributed by atoms with van der Waals surface area (Å²) in [4.78, 5) is 29.4. The molecule has 1 aliphatic carbocycles. The molecule has 1 aromatic carbocycles. The van der Waals surface area contributed by atoms with Gasteiger partial charge in [-0.05, 0) is 43.0 Å². The van der Waals surface area contributed by atoms with Crippen LogP contribution in [-0.4, -0.2) is 26.3 Å². The van der Waals surface area contributed by atoms with E-state index in [9.17, 15) is 9.59 Å². The summed E-state index contributed by atoms with van der Waals surface area (Å²) in [5.74, 6) is 0.126. The number of hydrogen-bond acceptors (Lipinski definition) is 4. The highest BCUT2D eigenvalue weighted by Gasteiger charge is 2.19. The van der Waals surface area contributed by atoms with Crippen molar-refractivity contribution >= 4 is 22.6 Å². The number of Topliss-reactive ketones (excluding diaryl/α,β-unsaturated/α-hetero) is 2. The number of rotatable bonds is 6. The number of carbonyl (C=O) groups is 2. The molecular formula is C24H23N3O2. The number of hydrogen-bond donors (Lipinski definition) is 0. The third kappa shape index (κ3) is 4.09. The fourth-order valence-electron chi connectivity index (χ4n) is 3.80. The summed E-state index contributed by atoms with van der Waals surface area (Å²) in [6.07, 6.45) is 6.62. The van der Waals surface area contributed by atoms with E-state index in [4.69, 9.17) is 0 Å². The van der Waals surface area contributed by atoms with Gasteiger partial charge in [-0.2, -0.15) is 5.10 Å². The van der Waals surface area contributed by atoms with E-state index in [1.54, 1.807) is 12.4 Å². The second-order valence-electron chi connectivity index (χ2n) is 7.60. The molecule has 5 nitrogen and oxygen atoms in total. The first kappa shape index (κ1) is 19.0. The predicted molar refractivity (Wildman–Crippen MR) is 113 cm³/mol. The lowest BCUT2D eigenvalue weighted by Crippen LogP contribution is -2.11. The van der Waals surface area contributed by atoms with Crippen molar-refractivity contribution < 1.29 is 9.59 Å². The van der Waals surface area contributed by atoms with Gasteiger partial charge in [0.25, 0.3) is 0 Å². The zero-order valence-electron chi connectivity index (χ0n) is 16.7. The molecule has 0 fully saturated rings. The van der Waals surface area contributed by atoms with Crippen LogP contribution in [0.2, 0.25) is 0 Å². The Morgan fingerprint density at radius 1 is 1.14 bits per heavy atom. The molecule has 0 atom stereocenters. The van der Waals surface area contributed by atoms with Crippen molar-refractivity contribution in [1.29, 1.82) is 0 Å². The van der Waals surface area contributed by atoms with E-state index < -0.39 is 0 Å². The lowest BCUT2D eigenvalue weighted by Gasteiger charge is -2.15. The summed E-state index contributed by atoms with van der Waals surface area (Å²) in [6.45, 7) is 4.53. The van der Waals surface area contributed by atoms with Gasteiger partial charge in [0.15, 0.2) is 17.2 Å². The number of nitrogens with zero attached hydrogens (tertiary/aromatic N) is 3. The molecule has 146 valence electrons. The highest BCUT2D eigenvalue weighted by atomic mass is 16.1. The number of allylic oxidation sites excluding steroid dienone is 4. The molecule has 4 rings (SSSR count). The third-order valence-corrected chi connectivity index (χ3v) is 5.29. The molecule has 0 saturated carbocycles. The van der Waals surface area contributed by atoms with Crippen LogP contribution >= 0.6 is 0 Å². The fraction of sp³-hybridized carbons (Fsp3) is 0.250. The first-order valence-corrected chi connectivity index (χ1v) is 9.80. The third-order valence-electron chi connectivity index (χ3n) is 5.29. The lowest BCUT2D eigenvalue weighted by atomic mass is 9.89. The first-order chi connectivity index (χ1) is 14.0. The Labute approximate surface area is 169 Å². The van der Waals surface area contributed by atoms with Crippen molar-refractivity contribution in [2.24, 2.45) is 0 Å². The van der Waals surface area contributed by atoms with Gasteiger partial charge in [-0.3, -0.25) is 9.59 Å². The zero-order valence-corrected chi connectivity index (χ0v) is 16.7. The minimum absolute atomic E-state index is 0.00501. The molecule has 0 radical (unpaired) electrons. The number of carbonyl (C=O) groups excluding carboxylic acids is 2. The summed E-state index contributed by atoms with van der Waals surface area (Å²) < 4.78 is 1.84. The summed E-state index contributed by atoms with van der Waals surface area (Å²) in [5, 5.41) is 5.26. The summed E-state index contributed by atoms with van der Waals surface area (Å²) in [6, 6.07) is 11.9. The van der Waals surface area contributed by atoms with Gasteiger partial charge < -0.3 is 0 Å². The van der Waals surface area contributed by atoms with Crippen LogP contribution < -0.4 is 0 Å². The quantitative estimate of drug-likeness (QED) is 0.578. The van der Waals surface area contributed by atoms with Gasteiger partial charge in [0.2, 0.25) is 0 Å². The minimum Gasteiger partial charge on any atom is -0.294 e. The van der Waals surface area contributed by atoms with Crippen LogP contribution in [0.4, 0.5) is 0 Å². The molecule has 2 aromatic heterocycles. The number of aromatic nitrogens is 3. The Morgan fingerprint density at radius 3 is 2.69 bits per heavy atom. The van der Waals surface area contributed by atoms with Crippen LogP contribution in [-0.2, 0) is 11.3 Å². The molecule has 0 aliphatic heterocycles. The maximum absolute atomic E-state index is 12.7. The van der Waals surface area contributed by atoms with Crippen molar-refractivity contribution in [3.8, 4) is 0 Å². The molecule has 0 saturated heterocycles. The lowest BCUT2D eigenvalue weighted by molar-refractivity contribution is -0.115. The SMILES string of the molecule is CC1=CC(C)=C(CCC(=O)c2cnc3c(cnn3Cc3ccccc3)c2)C(=O)C1. The molecule has 3 aromatic rings. The molecule has 5 heteroatoms. The summed E-state index contributed by atoms with van der Waals surface area (Å²) >= 11 is 0. The van der Waals surface area contributed by atoms with E-state index in [-0.39, 0.29) is 11.6 Å². The van der Waals surface area contributed by atoms with E-state index in [1.165, 1.54) is 0 Å². The maximum atomic E-state index is 12.7. The van der Waals surface area contributed by atoms with Gasteiger partial charge in [0.05, 0.1) is 12.7 Å². The van der Waals surface area contributed by atoms with Crippen molar-refractivity contribution in [2.75, 3.05) is 0 Å². The van der Waals surface area contributed by atoms with E-state index in [0.717, 1.165) is 33.3 Å². The van der Waals surface area contributed by atoms with Gasteiger partial charge in [0, 0.05) is 30.0 Å². The van der Waals surface area contributed by atoms with Gasteiger partial charge in [0.1, 0.15) is 0 Å². The van der Waals surface area contributed by atoms with Crippen LogP contribution in [0.3, 0.4) is 0 Å². The first-order valence-electron chi connectivity index (χ1n) is 9.80. The van der Waals surface area contributed by atoms with Gasteiger partial charge >= 0.3 is 0 Å². The van der Waals surface area contributed by atoms with Crippen molar-refractivity contribution in [3.05, 3.63) is 82.7 Å². The van der Waals surface area contributed by atoms with Crippen LogP contribution in [0.25, 0.3) is 11.0 Å². The minimum atomic E-state index is -0.00501. The van der Waals surface area contributed by atoms with Crippen LogP contribution in [0.5, 0.6) is 0 Å². The predicted octanol–water partition coefficient (Wildman–Crippen LogP) is 4.68. The fourth-order valence-corrected chi connectivity index (χ4v) is 3.80. The van der Waals surface area contributed by atoms with Gasteiger partial charge in [-0.25, -0.2) is 9.67 Å². The van der Waals surface area contributed by atoms with Crippen molar-refractivity contribution in [3.63, 3.8) is 0 Å². The Hall–Kier alpha value is -3.34. The van der Waals surface area contributed by atoms with E-state index in [1.807, 2.05) is 61.0 Å². The monoisotopic (exact) mass is 385 g/mol. The number of pyridine rings is 1. The molecule has 1 aliphatic rings. The largest absolute Gasteiger partial charge is 0.294 e. The van der Waals surface area contributed by atoms with Crippen LogP contribution in [0.1, 0.15) is 49.0 Å². The van der Waals surface area contributed by atoms with Gasteiger partial charge in [-0.1, -0.05) is 42.0 Å². The summed E-state index contributed by atoms with van der Waals surface area (Å²) in [7, 11) is 0. The van der Waals surface area contributed by atoms with E-state index >= 15 is 0 Å². The number of benzene rings is 1. The second kappa shape index (κ2) is 7.95. The number of fused-ring (bicyclic) bond motifs is 1. The average molecular weight is 385 g/mol. The molecule has 2 heterocycles. The second-order valence-corrected chi connectivity index (χ2v) is 7.60. The smallest absolute Gasteiger partial charge is 0.164 e. The van der Waals surface area contributed by atoms with Crippen molar-refractivity contribution in [1.82, 2.24) is 14.8 Å². The molecule has 0 unspecified atom stereocenters.